The Hall–Kier alpha value is -1.27. The topological polar surface area (TPSA) is 131 Å². The number of aliphatic hydroxyl groups excluding tert-OH is 2. The van der Waals surface area contributed by atoms with E-state index in [1.807, 2.05) is 4.98 Å². The van der Waals surface area contributed by atoms with Crippen molar-refractivity contribution in [2.24, 2.45) is 0 Å². The van der Waals surface area contributed by atoms with E-state index in [1.54, 1.807) is 0 Å². The number of carbonyl (C=O) groups is 1. The van der Waals surface area contributed by atoms with E-state index >= 15 is 0 Å². The lowest BCUT2D eigenvalue weighted by Crippen LogP contribution is -2.37. The standard InChI is InChI=1S/C17H26N2O7S2/c20-12-5-7-19(17(24)18-12)16-15(23)14(22)11(26-16)9-25-13(21)4-2-1-3-10(28)6-8-27/h5,7,10-11,14-16,22-23,27-28H,1-4,6,8-9H2,(H,18,20,24)/t10?,11-,14-,15-,16-/m1/s1. The minimum atomic E-state index is -1.41. The number of nitrogens with zero attached hydrogens (tertiary/aromatic N) is 1. The molecule has 0 aromatic carbocycles. The second-order valence-corrected chi connectivity index (χ2v) is 7.84. The summed E-state index contributed by atoms with van der Waals surface area (Å²) in [5.41, 5.74) is -1.36. The minimum absolute atomic E-state index is 0.232. The number of H-pyrrole nitrogens is 1. The highest BCUT2D eigenvalue weighted by molar-refractivity contribution is 7.81. The number of rotatable bonds is 10. The number of esters is 1. The average Bonchev–Trinajstić information content (AvgIpc) is 2.92. The van der Waals surface area contributed by atoms with Crippen LogP contribution in [0.2, 0.25) is 0 Å². The van der Waals surface area contributed by atoms with Gasteiger partial charge in [0.25, 0.3) is 5.56 Å². The molecule has 158 valence electrons. The first-order valence-electron chi connectivity index (χ1n) is 9.11. The number of hydrogen-bond donors (Lipinski definition) is 5. The number of nitrogens with one attached hydrogen (secondary N) is 1. The number of unbranched alkanes of at least 4 members (excludes halogenated alkanes) is 1. The van der Waals surface area contributed by atoms with Crippen molar-refractivity contribution in [2.45, 2.75) is 61.9 Å². The predicted molar refractivity (Wildman–Crippen MR) is 108 cm³/mol. The fourth-order valence-corrected chi connectivity index (χ4v) is 3.74. The molecule has 1 aliphatic rings. The van der Waals surface area contributed by atoms with Crippen LogP contribution in [0.5, 0.6) is 0 Å². The number of aromatic amines is 1. The summed E-state index contributed by atoms with van der Waals surface area (Å²) in [4.78, 5) is 36.9. The van der Waals surface area contributed by atoms with E-state index in [4.69, 9.17) is 9.47 Å². The molecular formula is C17H26N2O7S2. The first-order valence-corrected chi connectivity index (χ1v) is 10.3. The van der Waals surface area contributed by atoms with E-state index in [1.165, 1.54) is 6.20 Å². The zero-order valence-corrected chi connectivity index (χ0v) is 17.1. The van der Waals surface area contributed by atoms with Crippen molar-refractivity contribution >= 4 is 31.2 Å². The fourth-order valence-electron chi connectivity index (χ4n) is 2.91. The Morgan fingerprint density at radius 2 is 2.04 bits per heavy atom. The summed E-state index contributed by atoms with van der Waals surface area (Å²) in [6, 6.07) is 1.10. The molecule has 0 saturated carbocycles. The van der Waals surface area contributed by atoms with E-state index in [0.29, 0.717) is 6.42 Å². The summed E-state index contributed by atoms with van der Waals surface area (Å²) in [7, 11) is 0. The quantitative estimate of drug-likeness (QED) is 0.197. The lowest BCUT2D eigenvalue weighted by molar-refractivity contribution is -0.150. The third kappa shape index (κ3) is 6.38. The molecule has 11 heteroatoms. The first-order chi connectivity index (χ1) is 13.3. The van der Waals surface area contributed by atoms with Gasteiger partial charge in [0.05, 0.1) is 0 Å². The van der Waals surface area contributed by atoms with E-state index in [-0.39, 0.29) is 18.3 Å². The van der Waals surface area contributed by atoms with Crippen LogP contribution >= 0.6 is 25.3 Å². The number of ether oxygens (including phenoxy) is 2. The van der Waals surface area contributed by atoms with Crippen LogP contribution in [0.25, 0.3) is 0 Å². The molecular weight excluding hydrogens is 408 g/mol. The summed E-state index contributed by atoms with van der Waals surface area (Å²) in [5, 5.41) is 20.5. The molecule has 0 amide bonds. The minimum Gasteiger partial charge on any atom is -0.463 e. The maximum Gasteiger partial charge on any atom is 0.330 e. The van der Waals surface area contributed by atoms with Gasteiger partial charge >= 0.3 is 11.7 Å². The van der Waals surface area contributed by atoms with Gasteiger partial charge in [0.1, 0.15) is 24.9 Å². The highest BCUT2D eigenvalue weighted by atomic mass is 32.1. The second kappa shape index (κ2) is 11.1. The number of aromatic nitrogens is 2. The largest absolute Gasteiger partial charge is 0.463 e. The van der Waals surface area contributed by atoms with Crippen LogP contribution in [0, 0.1) is 0 Å². The predicted octanol–water partition coefficient (Wildman–Crippen LogP) is -0.122. The summed E-state index contributed by atoms with van der Waals surface area (Å²) in [6.07, 6.45) is -0.229. The van der Waals surface area contributed by atoms with Crippen molar-refractivity contribution in [1.82, 2.24) is 9.55 Å². The Morgan fingerprint density at radius 3 is 2.71 bits per heavy atom. The zero-order chi connectivity index (χ0) is 20.7. The van der Waals surface area contributed by atoms with Crippen LogP contribution in [-0.4, -0.2) is 61.7 Å². The van der Waals surface area contributed by atoms with Crippen molar-refractivity contribution in [2.75, 3.05) is 12.4 Å². The molecule has 1 fully saturated rings. The van der Waals surface area contributed by atoms with Gasteiger partial charge in [-0.2, -0.15) is 25.3 Å². The molecule has 0 radical (unpaired) electrons. The molecule has 5 atom stereocenters. The van der Waals surface area contributed by atoms with E-state index in [9.17, 15) is 24.6 Å². The summed E-state index contributed by atoms with van der Waals surface area (Å²) in [6.45, 7) is -0.249. The Bertz CT molecular complexity index is 754. The molecule has 1 unspecified atom stereocenters. The first kappa shape index (κ1) is 23.0. The molecule has 0 bridgehead atoms. The SMILES string of the molecule is O=C(CCCCC(S)CCS)OC[C@H]1O[C@@H](n2ccc(=O)[nH]c2=O)[C@H](O)[C@@H]1O. The Kier molecular flexibility index (Phi) is 9.09. The smallest absolute Gasteiger partial charge is 0.330 e. The van der Waals surface area contributed by atoms with Gasteiger partial charge in [-0.3, -0.25) is 19.1 Å². The average molecular weight is 435 g/mol. The molecule has 1 saturated heterocycles. The molecule has 3 N–H and O–H groups in total. The van der Waals surface area contributed by atoms with Crippen molar-refractivity contribution in [3.63, 3.8) is 0 Å². The van der Waals surface area contributed by atoms with Gasteiger partial charge in [0.2, 0.25) is 0 Å². The number of hydrogen-bond acceptors (Lipinski definition) is 9. The number of aliphatic hydroxyl groups is 2. The highest BCUT2D eigenvalue weighted by Crippen LogP contribution is 2.28. The zero-order valence-electron chi connectivity index (χ0n) is 15.3. The maximum absolute atomic E-state index is 11.9. The fraction of sp³-hybridized carbons (Fsp3) is 0.706. The van der Waals surface area contributed by atoms with E-state index < -0.39 is 41.8 Å². The van der Waals surface area contributed by atoms with Crippen LogP contribution in [0.15, 0.2) is 21.9 Å². The van der Waals surface area contributed by atoms with Crippen molar-refractivity contribution < 1.29 is 24.5 Å². The molecule has 0 spiro atoms. The third-order valence-corrected chi connectivity index (χ3v) is 5.28. The van der Waals surface area contributed by atoms with Gasteiger partial charge in [0.15, 0.2) is 6.23 Å². The van der Waals surface area contributed by atoms with E-state index in [2.05, 4.69) is 25.3 Å². The van der Waals surface area contributed by atoms with Crippen LogP contribution < -0.4 is 11.2 Å². The van der Waals surface area contributed by atoms with Gasteiger partial charge in [-0.25, -0.2) is 4.79 Å². The summed E-state index contributed by atoms with van der Waals surface area (Å²) >= 11 is 8.58. The molecule has 2 rings (SSSR count). The van der Waals surface area contributed by atoms with Crippen molar-refractivity contribution in [3.05, 3.63) is 33.1 Å². The van der Waals surface area contributed by atoms with Crippen molar-refractivity contribution in [3.8, 4) is 0 Å². The molecule has 1 aromatic heterocycles. The lowest BCUT2D eigenvalue weighted by atomic mass is 10.1. The maximum atomic E-state index is 11.9. The van der Waals surface area contributed by atoms with Crippen molar-refractivity contribution in [1.29, 1.82) is 0 Å². The van der Waals surface area contributed by atoms with Crippen LogP contribution in [-0.2, 0) is 14.3 Å². The third-order valence-electron chi connectivity index (χ3n) is 4.50. The van der Waals surface area contributed by atoms with Gasteiger partial charge < -0.3 is 19.7 Å². The second-order valence-electron chi connectivity index (χ2n) is 6.66. The normalized spacial score (nSPS) is 25.6. The molecule has 0 aliphatic carbocycles. The molecule has 9 nitrogen and oxygen atoms in total. The molecule has 28 heavy (non-hydrogen) atoms. The number of carbonyl (C=O) groups excluding carboxylic acids is 1. The molecule has 1 aliphatic heterocycles. The Balaban J connectivity index is 1.79. The van der Waals surface area contributed by atoms with Crippen LogP contribution in [0.1, 0.15) is 38.3 Å². The summed E-state index contributed by atoms with van der Waals surface area (Å²) in [5.74, 6) is 0.345. The van der Waals surface area contributed by atoms with Gasteiger partial charge in [-0.05, 0) is 25.0 Å². The Labute approximate surface area is 172 Å². The summed E-state index contributed by atoms with van der Waals surface area (Å²) < 4.78 is 11.6. The number of thiol groups is 2. The lowest BCUT2D eigenvalue weighted by Gasteiger charge is -2.16. The molecule has 1 aromatic rings. The van der Waals surface area contributed by atoms with Gasteiger partial charge in [0, 0.05) is 23.9 Å². The van der Waals surface area contributed by atoms with Crippen LogP contribution in [0.3, 0.4) is 0 Å². The monoisotopic (exact) mass is 434 g/mol. The Morgan fingerprint density at radius 1 is 1.29 bits per heavy atom. The van der Waals surface area contributed by atoms with Gasteiger partial charge in [-0.1, -0.05) is 6.42 Å². The highest BCUT2D eigenvalue weighted by Gasteiger charge is 2.44. The van der Waals surface area contributed by atoms with E-state index in [0.717, 1.165) is 35.6 Å². The van der Waals surface area contributed by atoms with Gasteiger partial charge in [-0.15, -0.1) is 0 Å². The van der Waals surface area contributed by atoms with Crippen LogP contribution in [0.4, 0.5) is 0 Å². The molecule has 2 heterocycles.